The number of carbonyl (C=O) groups excluding carboxylic acids is 1. The van der Waals surface area contributed by atoms with Crippen molar-refractivity contribution in [3.05, 3.63) is 0 Å². The first-order valence-corrected chi connectivity index (χ1v) is 7.59. The number of carbonyl (C=O) groups is 1. The molecule has 2 atom stereocenters. The molecule has 4 N–H and O–H groups in total. The molecule has 2 unspecified atom stereocenters. The third kappa shape index (κ3) is 5.49. The fourth-order valence-corrected chi connectivity index (χ4v) is 2.94. The molecule has 0 aromatic heterocycles. The van der Waals surface area contributed by atoms with Crippen LogP contribution in [0.15, 0.2) is 0 Å². The maximum Gasteiger partial charge on any atom is 0.223 e. The Bertz CT molecular complexity index is 279. The number of aliphatic hydroxyl groups excluding tert-OH is 1. The molecule has 0 aromatic rings. The molecule has 0 aromatic carbocycles. The summed E-state index contributed by atoms with van der Waals surface area (Å²) in [5, 5.41) is 12.0. The normalized spacial score (nSPS) is 24.2. The van der Waals surface area contributed by atoms with Crippen LogP contribution >= 0.6 is 0 Å². The Labute approximate surface area is 117 Å². The first-order chi connectivity index (χ1) is 9.00. The highest BCUT2D eigenvalue weighted by atomic mass is 16.2. The molecule has 0 spiro atoms. The number of nitrogens with one attached hydrogen (secondary N) is 1. The Morgan fingerprint density at radius 1 is 1.37 bits per heavy atom. The van der Waals surface area contributed by atoms with Gasteiger partial charge in [-0.2, -0.15) is 0 Å². The van der Waals surface area contributed by atoms with Crippen molar-refractivity contribution in [3.8, 4) is 0 Å². The lowest BCUT2D eigenvalue weighted by Crippen LogP contribution is -2.42. The zero-order valence-corrected chi connectivity index (χ0v) is 12.5. The van der Waals surface area contributed by atoms with Crippen LogP contribution in [0.4, 0.5) is 0 Å². The van der Waals surface area contributed by atoms with Crippen LogP contribution in [-0.2, 0) is 4.79 Å². The molecule has 0 bridgehead atoms. The molecule has 0 aliphatic heterocycles. The number of amides is 1. The molecule has 1 aliphatic carbocycles. The summed E-state index contributed by atoms with van der Waals surface area (Å²) >= 11 is 0. The molecule has 1 fully saturated rings. The van der Waals surface area contributed by atoms with Gasteiger partial charge in [-0.05, 0) is 43.6 Å². The fourth-order valence-electron chi connectivity index (χ4n) is 2.94. The molecule has 4 heteroatoms. The lowest BCUT2D eigenvalue weighted by atomic mass is 9.78. The molecule has 1 amide bonds. The van der Waals surface area contributed by atoms with Crippen molar-refractivity contribution in [2.45, 2.75) is 52.4 Å². The summed E-state index contributed by atoms with van der Waals surface area (Å²) in [6.07, 6.45) is 6.12. The smallest absolute Gasteiger partial charge is 0.223 e. The summed E-state index contributed by atoms with van der Waals surface area (Å²) in [6, 6.07) is 0. The number of hydrogen-bond acceptors (Lipinski definition) is 3. The zero-order chi connectivity index (χ0) is 14.3. The van der Waals surface area contributed by atoms with Crippen molar-refractivity contribution < 1.29 is 9.90 Å². The number of aliphatic hydroxyl groups is 1. The second-order valence-electron chi connectivity index (χ2n) is 6.60. The highest BCUT2D eigenvalue weighted by Gasteiger charge is 2.30. The predicted octanol–water partition coefficient (Wildman–Crippen LogP) is 1.67. The summed E-state index contributed by atoms with van der Waals surface area (Å²) in [5.74, 6) is 0.633. The second-order valence-corrected chi connectivity index (χ2v) is 6.60. The molecular formula is C15H30N2O2. The van der Waals surface area contributed by atoms with Gasteiger partial charge in [-0.25, -0.2) is 0 Å². The van der Waals surface area contributed by atoms with Gasteiger partial charge in [-0.3, -0.25) is 4.79 Å². The molecule has 1 aliphatic rings. The number of rotatable bonds is 7. The molecule has 1 saturated carbocycles. The van der Waals surface area contributed by atoms with Crippen molar-refractivity contribution in [3.63, 3.8) is 0 Å². The van der Waals surface area contributed by atoms with Gasteiger partial charge >= 0.3 is 0 Å². The van der Waals surface area contributed by atoms with Gasteiger partial charge in [-0.15, -0.1) is 0 Å². The van der Waals surface area contributed by atoms with E-state index in [0.29, 0.717) is 19.0 Å². The SMILES string of the molecule is CC(C)(CCCO)CNC(=O)C1CCCCC1CN. The summed E-state index contributed by atoms with van der Waals surface area (Å²) < 4.78 is 0. The average molecular weight is 270 g/mol. The van der Waals surface area contributed by atoms with E-state index < -0.39 is 0 Å². The molecular weight excluding hydrogens is 240 g/mol. The van der Waals surface area contributed by atoms with Gasteiger partial charge in [0, 0.05) is 19.1 Å². The first kappa shape index (κ1) is 16.4. The quantitative estimate of drug-likeness (QED) is 0.658. The summed E-state index contributed by atoms with van der Waals surface area (Å²) in [5.41, 5.74) is 5.82. The fraction of sp³-hybridized carbons (Fsp3) is 0.933. The summed E-state index contributed by atoms with van der Waals surface area (Å²) in [7, 11) is 0. The molecule has 0 saturated heterocycles. The largest absolute Gasteiger partial charge is 0.396 e. The van der Waals surface area contributed by atoms with Crippen LogP contribution in [0.3, 0.4) is 0 Å². The average Bonchev–Trinajstić information content (AvgIpc) is 2.42. The third-order valence-electron chi connectivity index (χ3n) is 4.30. The van der Waals surface area contributed by atoms with E-state index in [1.165, 1.54) is 6.42 Å². The molecule has 4 nitrogen and oxygen atoms in total. The number of nitrogens with two attached hydrogens (primary N) is 1. The van der Waals surface area contributed by atoms with Crippen LogP contribution in [0.5, 0.6) is 0 Å². The molecule has 0 heterocycles. The van der Waals surface area contributed by atoms with Gasteiger partial charge in [0.2, 0.25) is 5.91 Å². The highest BCUT2D eigenvalue weighted by Crippen LogP contribution is 2.30. The Hall–Kier alpha value is -0.610. The molecule has 1 rings (SSSR count). The summed E-state index contributed by atoms with van der Waals surface area (Å²) in [4.78, 5) is 12.3. The van der Waals surface area contributed by atoms with Gasteiger partial charge in [0.05, 0.1) is 0 Å². The maximum atomic E-state index is 12.3. The van der Waals surface area contributed by atoms with Crippen LogP contribution in [-0.4, -0.2) is 30.7 Å². The maximum absolute atomic E-state index is 12.3. The van der Waals surface area contributed by atoms with E-state index in [2.05, 4.69) is 19.2 Å². The number of hydrogen-bond donors (Lipinski definition) is 3. The monoisotopic (exact) mass is 270 g/mol. The van der Waals surface area contributed by atoms with Crippen LogP contribution in [0, 0.1) is 17.3 Å². The standard InChI is InChI=1S/C15H30N2O2/c1-15(2,8-5-9-18)11-17-14(19)13-7-4-3-6-12(13)10-16/h12-13,18H,3-11,16H2,1-2H3,(H,17,19). The lowest BCUT2D eigenvalue weighted by molar-refractivity contribution is -0.128. The Balaban J connectivity index is 2.41. The highest BCUT2D eigenvalue weighted by molar-refractivity contribution is 5.79. The lowest BCUT2D eigenvalue weighted by Gasteiger charge is -2.31. The topological polar surface area (TPSA) is 75.3 Å². The first-order valence-electron chi connectivity index (χ1n) is 7.59. The van der Waals surface area contributed by atoms with Crippen molar-refractivity contribution in [1.82, 2.24) is 5.32 Å². The van der Waals surface area contributed by atoms with E-state index in [1.54, 1.807) is 0 Å². The van der Waals surface area contributed by atoms with E-state index in [1.807, 2.05) is 0 Å². The van der Waals surface area contributed by atoms with Gasteiger partial charge in [-0.1, -0.05) is 26.7 Å². The Morgan fingerprint density at radius 2 is 2.05 bits per heavy atom. The van der Waals surface area contributed by atoms with E-state index in [9.17, 15) is 4.79 Å². The van der Waals surface area contributed by atoms with Crippen molar-refractivity contribution in [2.75, 3.05) is 19.7 Å². The van der Waals surface area contributed by atoms with Crippen molar-refractivity contribution >= 4 is 5.91 Å². The van der Waals surface area contributed by atoms with Crippen LogP contribution in [0.25, 0.3) is 0 Å². The van der Waals surface area contributed by atoms with Crippen LogP contribution in [0.1, 0.15) is 52.4 Å². The minimum Gasteiger partial charge on any atom is -0.396 e. The second kappa shape index (κ2) is 7.85. The zero-order valence-electron chi connectivity index (χ0n) is 12.5. The Kier molecular flexibility index (Phi) is 6.80. The van der Waals surface area contributed by atoms with E-state index >= 15 is 0 Å². The van der Waals surface area contributed by atoms with Gasteiger partial charge in [0.25, 0.3) is 0 Å². The van der Waals surface area contributed by atoms with Gasteiger partial charge in [0.1, 0.15) is 0 Å². The molecule has 19 heavy (non-hydrogen) atoms. The molecule has 112 valence electrons. The van der Waals surface area contributed by atoms with E-state index in [-0.39, 0.29) is 23.8 Å². The predicted molar refractivity (Wildman–Crippen MR) is 77.6 cm³/mol. The minimum absolute atomic E-state index is 0.0469. The summed E-state index contributed by atoms with van der Waals surface area (Å²) in [6.45, 7) is 5.77. The van der Waals surface area contributed by atoms with Crippen LogP contribution in [0.2, 0.25) is 0 Å². The minimum atomic E-state index is 0.0469. The Morgan fingerprint density at radius 3 is 2.68 bits per heavy atom. The van der Waals surface area contributed by atoms with Crippen molar-refractivity contribution in [1.29, 1.82) is 0 Å². The third-order valence-corrected chi connectivity index (χ3v) is 4.30. The van der Waals surface area contributed by atoms with E-state index in [4.69, 9.17) is 10.8 Å². The van der Waals surface area contributed by atoms with Crippen LogP contribution < -0.4 is 11.1 Å². The van der Waals surface area contributed by atoms with Gasteiger partial charge in [0.15, 0.2) is 0 Å². The van der Waals surface area contributed by atoms with Crippen molar-refractivity contribution in [2.24, 2.45) is 23.0 Å². The molecule has 0 radical (unpaired) electrons. The van der Waals surface area contributed by atoms with Gasteiger partial charge < -0.3 is 16.2 Å². The van der Waals surface area contributed by atoms with E-state index in [0.717, 1.165) is 32.1 Å².